The molecule has 3 aliphatic heterocycles. The Morgan fingerprint density at radius 3 is 2.68 bits per heavy atom. The van der Waals surface area contributed by atoms with Gasteiger partial charge in [-0.25, -0.2) is 0 Å². The molecule has 0 aliphatic carbocycles. The van der Waals surface area contributed by atoms with Crippen molar-refractivity contribution in [3.05, 3.63) is 27.9 Å². The molecule has 1 aromatic carbocycles. The van der Waals surface area contributed by atoms with Crippen LogP contribution in [0, 0.1) is 5.92 Å². The molecule has 1 aromatic rings. The average Bonchev–Trinajstić information content (AvgIpc) is 2.51. The third kappa shape index (κ3) is 2.84. The van der Waals surface area contributed by atoms with Crippen molar-refractivity contribution in [2.75, 3.05) is 26.8 Å². The lowest BCUT2D eigenvalue weighted by Gasteiger charge is -2.46. The summed E-state index contributed by atoms with van der Waals surface area (Å²) in [7, 11) is 1.64. The lowest BCUT2D eigenvalue weighted by atomic mass is 9.83. The minimum Gasteiger partial charge on any atom is -0.492 e. The van der Waals surface area contributed by atoms with Crippen LogP contribution in [-0.4, -0.2) is 42.9 Å². The summed E-state index contributed by atoms with van der Waals surface area (Å²) in [5.74, 6) is 1.83. The standard InChI is InChI=1S/C17H22BrNO3/c1-3-22-15-10-11(8-13(18)17(15)21-2)9-14-16(20)12-4-6-19(14)7-5-12/h8-10,12,16,20H,3-7H2,1-2H3/b14-9-. The fourth-order valence-corrected chi connectivity index (χ4v) is 4.00. The molecule has 0 radical (unpaired) electrons. The average molecular weight is 368 g/mol. The van der Waals surface area contributed by atoms with Crippen molar-refractivity contribution in [2.45, 2.75) is 25.9 Å². The van der Waals surface area contributed by atoms with Gasteiger partial charge in [0.15, 0.2) is 11.5 Å². The van der Waals surface area contributed by atoms with E-state index in [1.54, 1.807) is 7.11 Å². The second-order valence-corrected chi connectivity index (χ2v) is 6.66. The van der Waals surface area contributed by atoms with E-state index in [-0.39, 0.29) is 6.10 Å². The molecular weight excluding hydrogens is 346 g/mol. The number of methoxy groups -OCH3 is 1. The maximum atomic E-state index is 10.5. The number of benzene rings is 1. The van der Waals surface area contributed by atoms with Crippen molar-refractivity contribution in [1.29, 1.82) is 0 Å². The van der Waals surface area contributed by atoms with Gasteiger partial charge >= 0.3 is 0 Å². The summed E-state index contributed by atoms with van der Waals surface area (Å²) in [4.78, 5) is 2.29. The summed E-state index contributed by atoms with van der Waals surface area (Å²) in [6, 6.07) is 3.97. The molecule has 0 spiro atoms. The highest BCUT2D eigenvalue weighted by molar-refractivity contribution is 9.10. The third-order valence-corrected chi connectivity index (χ3v) is 5.09. The van der Waals surface area contributed by atoms with Crippen LogP contribution in [0.15, 0.2) is 22.3 Å². The van der Waals surface area contributed by atoms with Crippen molar-refractivity contribution < 1.29 is 14.6 Å². The van der Waals surface area contributed by atoms with Crippen LogP contribution in [0.1, 0.15) is 25.3 Å². The van der Waals surface area contributed by atoms with Gasteiger partial charge in [-0.1, -0.05) is 0 Å². The summed E-state index contributed by atoms with van der Waals surface area (Å²) >= 11 is 3.54. The van der Waals surface area contributed by atoms with Gasteiger partial charge in [0.1, 0.15) is 0 Å². The summed E-state index contributed by atoms with van der Waals surface area (Å²) in [5.41, 5.74) is 2.04. The van der Waals surface area contributed by atoms with E-state index in [0.717, 1.165) is 47.4 Å². The van der Waals surface area contributed by atoms with Gasteiger partial charge in [0, 0.05) is 18.8 Å². The van der Waals surface area contributed by atoms with Crippen molar-refractivity contribution in [2.24, 2.45) is 5.92 Å². The van der Waals surface area contributed by atoms with E-state index in [0.29, 0.717) is 18.3 Å². The molecule has 22 heavy (non-hydrogen) atoms. The van der Waals surface area contributed by atoms with E-state index >= 15 is 0 Å². The highest BCUT2D eigenvalue weighted by Crippen LogP contribution is 2.39. The van der Waals surface area contributed by atoms with Crippen molar-refractivity contribution in [3.8, 4) is 11.5 Å². The zero-order valence-electron chi connectivity index (χ0n) is 13.0. The molecular formula is C17H22BrNO3. The van der Waals surface area contributed by atoms with Crippen LogP contribution in [0.4, 0.5) is 0 Å². The first-order valence-corrected chi connectivity index (χ1v) is 8.58. The fraction of sp³-hybridized carbons (Fsp3) is 0.529. The number of hydrogen-bond donors (Lipinski definition) is 1. The minimum atomic E-state index is -0.348. The number of aliphatic hydroxyl groups is 1. The van der Waals surface area contributed by atoms with E-state index in [1.165, 1.54) is 0 Å². The number of aliphatic hydroxyl groups excluding tert-OH is 1. The van der Waals surface area contributed by atoms with Gasteiger partial charge in [-0.3, -0.25) is 0 Å². The largest absolute Gasteiger partial charge is 0.492 e. The van der Waals surface area contributed by atoms with Crippen molar-refractivity contribution >= 4 is 22.0 Å². The van der Waals surface area contributed by atoms with Gasteiger partial charge in [-0.15, -0.1) is 0 Å². The molecule has 0 saturated carbocycles. The molecule has 3 saturated heterocycles. The predicted octanol–water partition coefficient (Wildman–Crippen LogP) is 3.28. The second kappa shape index (κ2) is 6.50. The molecule has 5 heteroatoms. The monoisotopic (exact) mass is 367 g/mol. The number of rotatable bonds is 4. The van der Waals surface area contributed by atoms with Crippen LogP contribution in [0.2, 0.25) is 0 Å². The number of nitrogens with zero attached hydrogens (tertiary/aromatic N) is 1. The molecule has 0 amide bonds. The van der Waals surface area contributed by atoms with E-state index in [4.69, 9.17) is 9.47 Å². The predicted molar refractivity (Wildman–Crippen MR) is 90.1 cm³/mol. The Morgan fingerprint density at radius 2 is 2.09 bits per heavy atom. The Balaban J connectivity index is 1.96. The first-order chi connectivity index (χ1) is 10.6. The number of piperidine rings is 3. The molecule has 3 fully saturated rings. The van der Waals surface area contributed by atoms with Gasteiger partial charge < -0.3 is 19.5 Å². The molecule has 0 aromatic heterocycles. The SMILES string of the molecule is CCOc1cc(/C=C2/C(O)C3CCN2CC3)cc(Br)c1OC. The van der Waals surface area contributed by atoms with Gasteiger partial charge in [0.2, 0.25) is 0 Å². The van der Waals surface area contributed by atoms with E-state index in [2.05, 4.69) is 26.9 Å². The van der Waals surface area contributed by atoms with Gasteiger partial charge in [-0.05, 0) is 65.4 Å². The Hall–Kier alpha value is -1.20. The van der Waals surface area contributed by atoms with Gasteiger partial charge in [0.05, 0.1) is 24.3 Å². The van der Waals surface area contributed by atoms with Crippen molar-refractivity contribution in [1.82, 2.24) is 4.90 Å². The lowest BCUT2D eigenvalue weighted by molar-refractivity contribution is 0.0215. The third-order valence-electron chi connectivity index (χ3n) is 4.50. The molecule has 3 aliphatic rings. The zero-order chi connectivity index (χ0) is 15.7. The Bertz CT molecular complexity index is 576. The highest BCUT2D eigenvalue weighted by Gasteiger charge is 2.36. The first kappa shape index (κ1) is 15.7. The minimum absolute atomic E-state index is 0.348. The van der Waals surface area contributed by atoms with E-state index < -0.39 is 0 Å². The summed E-state index contributed by atoms with van der Waals surface area (Å²) in [6.07, 6.45) is 3.91. The Kier molecular flexibility index (Phi) is 4.64. The number of ether oxygens (including phenoxy) is 2. The van der Waals surface area contributed by atoms with Crippen LogP contribution < -0.4 is 9.47 Å². The highest BCUT2D eigenvalue weighted by atomic mass is 79.9. The first-order valence-electron chi connectivity index (χ1n) is 7.79. The molecule has 1 atom stereocenters. The van der Waals surface area contributed by atoms with E-state index in [1.807, 2.05) is 19.1 Å². The summed E-state index contributed by atoms with van der Waals surface area (Å²) in [5, 5.41) is 10.5. The lowest BCUT2D eigenvalue weighted by Crippen LogP contribution is -2.48. The van der Waals surface area contributed by atoms with Crippen LogP contribution >= 0.6 is 15.9 Å². The molecule has 4 rings (SSSR count). The van der Waals surface area contributed by atoms with Crippen LogP contribution in [-0.2, 0) is 0 Å². The molecule has 3 heterocycles. The molecule has 1 N–H and O–H groups in total. The summed E-state index contributed by atoms with van der Waals surface area (Å²) in [6.45, 7) is 4.63. The quantitative estimate of drug-likeness (QED) is 0.886. The van der Waals surface area contributed by atoms with Crippen LogP contribution in [0.25, 0.3) is 6.08 Å². The maximum absolute atomic E-state index is 10.5. The Labute approximate surface area is 139 Å². The second-order valence-electron chi connectivity index (χ2n) is 5.81. The molecule has 120 valence electrons. The number of fused-ring (bicyclic) bond motifs is 3. The van der Waals surface area contributed by atoms with Gasteiger partial charge in [-0.2, -0.15) is 0 Å². The van der Waals surface area contributed by atoms with Gasteiger partial charge in [0.25, 0.3) is 0 Å². The fourth-order valence-electron chi connectivity index (χ4n) is 3.38. The molecule has 2 bridgehead atoms. The molecule has 1 unspecified atom stereocenters. The normalized spacial score (nSPS) is 25.6. The maximum Gasteiger partial charge on any atom is 0.174 e. The smallest absolute Gasteiger partial charge is 0.174 e. The van der Waals surface area contributed by atoms with Crippen LogP contribution in [0.3, 0.4) is 0 Å². The molecule has 4 nitrogen and oxygen atoms in total. The van der Waals surface area contributed by atoms with Crippen molar-refractivity contribution in [3.63, 3.8) is 0 Å². The Morgan fingerprint density at radius 1 is 1.36 bits per heavy atom. The number of halogens is 1. The van der Waals surface area contributed by atoms with Crippen LogP contribution in [0.5, 0.6) is 11.5 Å². The summed E-state index contributed by atoms with van der Waals surface area (Å²) < 4.78 is 11.9. The topological polar surface area (TPSA) is 41.9 Å². The van der Waals surface area contributed by atoms with E-state index in [9.17, 15) is 5.11 Å². The zero-order valence-corrected chi connectivity index (χ0v) is 14.6. The number of hydrogen-bond acceptors (Lipinski definition) is 4.